The van der Waals surface area contributed by atoms with Gasteiger partial charge in [0.2, 0.25) is 5.91 Å². The van der Waals surface area contributed by atoms with Crippen molar-refractivity contribution in [2.75, 3.05) is 39.1 Å². The lowest BCUT2D eigenvalue weighted by Crippen LogP contribution is -2.58. The molecule has 5 atom stereocenters. The number of amides is 3. The first kappa shape index (κ1) is 31.9. The minimum atomic E-state index is -4.34. The first-order valence-electron chi connectivity index (χ1n) is 12.6. The maximum absolute atomic E-state index is 11.8. The Morgan fingerprint density at radius 2 is 1.77 bits per heavy atom. The Kier molecular flexibility index (Phi) is 11.9. The second-order valence-corrected chi connectivity index (χ2v) is 10.9. The SMILES string of the molecule is O=C(CCN1C(=O)C=CC1=O)NCCOCCn1cc(CCO[C@H]2O[C@H](CCP(=O)(O)O)[C@@H](O)[C@H](O)[C@@H]2O)nn1. The van der Waals surface area contributed by atoms with Gasteiger partial charge in [0.1, 0.15) is 18.3 Å². The van der Waals surface area contributed by atoms with E-state index in [1.54, 1.807) is 6.20 Å². The maximum Gasteiger partial charge on any atom is 0.325 e. The van der Waals surface area contributed by atoms with Crippen LogP contribution < -0.4 is 5.32 Å². The summed E-state index contributed by atoms with van der Waals surface area (Å²) < 4.78 is 29.0. The van der Waals surface area contributed by atoms with Gasteiger partial charge in [-0.2, -0.15) is 0 Å². The molecule has 17 nitrogen and oxygen atoms in total. The normalized spacial score (nSPS) is 25.1. The smallest absolute Gasteiger partial charge is 0.325 e. The highest BCUT2D eigenvalue weighted by molar-refractivity contribution is 7.51. The number of ether oxygens (including phenoxy) is 3. The molecular weight excluding hydrogens is 557 g/mol. The molecule has 0 radical (unpaired) electrons. The Morgan fingerprint density at radius 1 is 1.05 bits per heavy atom. The zero-order chi connectivity index (χ0) is 29.3. The van der Waals surface area contributed by atoms with Crippen LogP contribution in [-0.2, 0) is 46.1 Å². The third-order valence-electron chi connectivity index (χ3n) is 6.10. The van der Waals surface area contributed by atoms with Gasteiger partial charge in [-0.3, -0.25) is 23.8 Å². The number of carbonyl (C=O) groups excluding carboxylic acids is 3. The highest BCUT2D eigenvalue weighted by atomic mass is 31.2. The molecule has 3 rings (SSSR count). The van der Waals surface area contributed by atoms with Crippen LogP contribution in [-0.4, -0.2) is 132 Å². The monoisotopic (exact) mass is 591 g/mol. The summed E-state index contributed by atoms with van der Waals surface area (Å²) in [7, 11) is -4.34. The van der Waals surface area contributed by atoms with Gasteiger partial charge in [-0.25, -0.2) is 4.68 Å². The van der Waals surface area contributed by atoms with Gasteiger partial charge in [-0.1, -0.05) is 5.21 Å². The van der Waals surface area contributed by atoms with Gasteiger partial charge < -0.3 is 44.6 Å². The van der Waals surface area contributed by atoms with Crippen LogP contribution in [0.25, 0.3) is 0 Å². The van der Waals surface area contributed by atoms with E-state index in [0.29, 0.717) is 12.2 Å². The van der Waals surface area contributed by atoms with Gasteiger partial charge in [0, 0.05) is 44.3 Å². The summed E-state index contributed by atoms with van der Waals surface area (Å²) in [5.74, 6) is -1.18. The van der Waals surface area contributed by atoms with Gasteiger partial charge in [-0.15, -0.1) is 5.10 Å². The average molecular weight is 592 g/mol. The van der Waals surface area contributed by atoms with Crippen molar-refractivity contribution in [3.05, 3.63) is 24.0 Å². The minimum Gasteiger partial charge on any atom is -0.388 e. The van der Waals surface area contributed by atoms with Crippen LogP contribution in [0.4, 0.5) is 0 Å². The van der Waals surface area contributed by atoms with Gasteiger partial charge in [0.05, 0.1) is 44.3 Å². The summed E-state index contributed by atoms with van der Waals surface area (Å²) in [6.07, 6.45) is -3.70. The standard InChI is InChI=1S/C22H34N5O12P/c28-16(3-7-27-17(29)1-2-18(27)30)23-6-10-37-11-8-26-13-14(24-25-26)4-9-38-22-21(33)20(32)19(31)15(39-22)5-12-40(34,35)36/h1-2,13,15,19-22,31-33H,3-12H2,(H,23,28)(H2,34,35,36)/t15-,19-,20+,21+,22+/m1/s1. The average Bonchev–Trinajstić information content (AvgIpc) is 3.48. The number of nitrogens with one attached hydrogen (secondary N) is 1. The van der Waals surface area contributed by atoms with Gasteiger partial charge in [-0.05, 0) is 6.42 Å². The Hall–Kier alpha value is -2.60. The van der Waals surface area contributed by atoms with E-state index in [9.17, 15) is 34.3 Å². The molecule has 1 fully saturated rings. The lowest BCUT2D eigenvalue weighted by atomic mass is 9.97. The predicted octanol–water partition coefficient (Wildman–Crippen LogP) is -3.34. The molecule has 0 saturated carbocycles. The van der Waals surface area contributed by atoms with Crippen LogP contribution in [0.2, 0.25) is 0 Å². The maximum atomic E-state index is 11.8. The van der Waals surface area contributed by atoms with Crippen molar-refractivity contribution in [3.63, 3.8) is 0 Å². The van der Waals surface area contributed by atoms with E-state index in [0.717, 1.165) is 17.1 Å². The summed E-state index contributed by atoms with van der Waals surface area (Å²) >= 11 is 0. The fourth-order valence-corrected chi connectivity index (χ4v) is 4.50. The van der Waals surface area contributed by atoms with E-state index in [-0.39, 0.29) is 58.1 Å². The largest absolute Gasteiger partial charge is 0.388 e. The first-order chi connectivity index (χ1) is 18.9. The van der Waals surface area contributed by atoms with Gasteiger partial charge in [0.25, 0.3) is 11.8 Å². The van der Waals surface area contributed by atoms with Crippen molar-refractivity contribution in [2.24, 2.45) is 0 Å². The van der Waals surface area contributed by atoms with E-state index in [2.05, 4.69) is 15.6 Å². The molecule has 0 aromatic carbocycles. The molecule has 0 unspecified atom stereocenters. The molecular formula is C22H34N5O12P. The van der Waals surface area contributed by atoms with Gasteiger partial charge >= 0.3 is 7.60 Å². The molecule has 1 aromatic heterocycles. The Morgan fingerprint density at radius 3 is 2.48 bits per heavy atom. The number of aliphatic hydroxyl groups excluding tert-OH is 3. The number of aromatic nitrogens is 3. The quantitative estimate of drug-likeness (QED) is 0.0626. The van der Waals surface area contributed by atoms with Gasteiger partial charge in [0.15, 0.2) is 6.29 Å². The molecule has 40 heavy (non-hydrogen) atoms. The zero-order valence-corrected chi connectivity index (χ0v) is 22.4. The molecule has 0 bridgehead atoms. The number of rotatable bonds is 16. The topological polar surface area (TPSA) is 243 Å². The number of hydrogen-bond donors (Lipinski definition) is 6. The summed E-state index contributed by atoms with van der Waals surface area (Å²) in [5, 5.41) is 40.8. The van der Waals surface area contributed by atoms with Crippen molar-refractivity contribution in [3.8, 4) is 0 Å². The molecule has 1 saturated heterocycles. The molecule has 1 aromatic rings. The third kappa shape index (κ3) is 9.79. The minimum absolute atomic E-state index is 0.00381. The van der Waals surface area contributed by atoms with Crippen molar-refractivity contribution in [1.82, 2.24) is 25.2 Å². The van der Waals surface area contributed by atoms with Crippen LogP contribution in [0.15, 0.2) is 18.3 Å². The fourth-order valence-electron chi connectivity index (χ4n) is 3.91. The van der Waals surface area contributed by atoms with Crippen LogP contribution in [0.1, 0.15) is 18.5 Å². The Balaban J connectivity index is 1.28. The molecule has 6 N–H and O–H groups in total. The second-order valence-electron chi connectivity index (χ2n) is 9.16. The van der Waals surface area contributed by atoms with Crippen LogP contribution in [0.5, 0.6) is 0 Å². The van der Waals surface area contributed by atoms with Crippen LogP contribution >= 0.6 is 7.60 Å². The number of aliphatic hydroxyl groups is 3. The molecule has 2 aliphatic rings. The first-order valence-corrected chi connectivity index (χ1v) is 14.4. The number of nitrogens with zero attached hydrogens (tertiary/aromatic N) is 4. The van der Waals surface area contributed by atoms with Crippen molar-refractivity contribution in [1.29, 1.82) is 0 Å². The highest BCUT2D eigenvalue weighted by Crippen LogP contribution is 2.37. The van der Waals surface area contributed by atoms with E-state index in [1.165, 1.54) is 4.68 Å². The Bertz CT molecular complexity index is 1080. The second kappa shape index (κ2) is 14.9. The number of imide groups is 1. The van der Waals surface area contributed by atoms with Crippen LogP contribution in [0.3, 0.4) is 0 Å². The van der Waals surface area contributed by atoms with E-state index >= 15 is 0 Å². The Labute approximate surface area is 228 Å². The zero-order valence-electron chi connectivity index (χ0n) is 21.5. The van der Waals surface area contributed by atoms with E-state index < -0.39 is 56.3 Å². The summed E-state index contributed by atoms with van der Waals surface area (Å²) in [5.41, 5.74) is 0.557. The molecule has 0 spiro atoms. The molecule has 0 aliphatic carbocycles. The lowest BCUT2D eigenvalue weighted by Gasteiger charge is -2.40. The van der Waals surface area contributed by atoms with Crippen molar-refractivity contribution in [2.45, 2.75) is 56.5 Å². The van der Waals surface area contributed by atoms with Crippen molar-refractivity contribution < 1.29 is 58.3 Å². The molecule has 224 valence electrons. The summed E-state index contributed by atoms with van der Waals surface area (Å²) in [6.45, 7) is 1.18. The highest BCUT2D eigenvalue weighted by Gasteiger charge is 2.44. The number of carbonyl (C=O) groups is 3. The molecule has 3 heterocycles. The van der Waals surface area contributed by atoms with Crippen LogP contribution in [0, 0.1) is 0 Å². The molecule has 2 aliphatic heterocycles. The van der Waals surface area contributed by atoms with Crippen molar-refractivity contribution >= 4 is 25.3 Å². The van der Waals surface area contributed by atoms with E-state index in [4.69, 9.17) is 24.0 Å². The summed E-state index contributed by atoms with van der Waals surface area (Å²) in [4.78, 5) is 53.8. The molecule has 18 heteroatoms. The van der Waals surface area contributed by atoms with E-state index in [1.807, 2.05) is 0 Å². The lowest BCUT2D eigenvalue weighted by molar-refractivity contribution is -0.296. The predicted molar refractivity (Wildman–Crippen MR) is 132 cm³/mol. The fraction of sp³-hybridized carbons (Fsp3) is 0.682. The third-order valence-corrected chi connectivity index (χ3v) is 6.94. The number of hydrogen-bond acceptors (Lipinski definition) is 12. The molecule has 3 amide bonds. The summed E-state index contributed by atoms with van der Waals surface area (Å²) in [6, 6.07) is 0.